The van der Waals surface area contributed by atoms with E-state index in [4.69, 9.17) is 13.8 Å². The van der Waals surface area contributed by atoms with Crippen LogP contribution in [-0.4, -0.2) is 14.5 Å². The quantitative estimate of drug-likeness (QED) is 0.156. The molecule has 0 saturated carbocycles. The van der Waals surface area contributed by atoms with E-state index in [1.54, 1.807) is 0 Å². The minimum atomic E-state index is 0. The molecule has 11 rings (SSSR count). The number of aromatic nitrogens is 3. The molecule has 6 heteroatoms. The summed E-state index contributed by atoms with van der Waals surface area (Å²) in [5.41, 5.74) is 16.9. The molecule has 0 atom stereocenters. The molecule has 4 aromatic heterocycles. The SMILES string of the molecule is CC(C)(C)c1ccnc(-c2[c-]cccc2)c1.Cc1cccc2nc(-c3[c-]ccc4c3oc3c4ccc4c5ccccc5oc43)n(-c3c(C(C)C)cc(-c4ccccc4)cc3C(C)C)c12.[Ir]. The van der Waals surface area contributed by atoms with Gasteiger partial charge in [0.1, 0.15) is 5.58 Å². The third kappa shape index (κ3) is 7.90. The van der Waals surface area contributed by atoms with Gasteiger partial charge in [-0.25, -0.2) is 0 Å². The molecule has 0 saturated heterocycles. The molecule has 0 aliphatic heterocycles. The van der Waals surface area contributed by atoms with Crippen LogP contribution in [0.4, 0.5) is 0 Å². The Morgan fingerprint density at radius 3 is 1.98 bits per heavy atom. The van der Waals surface area contributed by atoms with Crippen LogP contribution in [0.25, 0.3) is 94.4 Å². The summed E-state index contributed by atoms with van der Waals surface area (Å²) in [6, 6.07) is 57.3. The van der Waals surface area contributed by atoms with Crippen LogP contribution in [0.15, 0.2) is 161 Å². The van der Waals surface area contributed by atoms with Gasteiger partial charge >= 0.3 is 0 Å². The molecular formula is C59H51IrN3O2-2. The molecule has 0 N–H and O–H groups in total. The van der Waals surface area contributed by atoms with Crippen LogP contribution in [0.5, 0.6) is 0 Å². The van der Waals surface area contributed by atoms with Crippen molar-refractivity contribution >= 4 is 54.9 Å². The zero-order valence-corrected chi connectivity index (χ0v) is 40.5. The van der Waals surface area contributed by atoms with Crippen molar-refractivity contribution in [3.63, 3.8) is 0 Å². The Bertz CT molecular complexity index is 3470. The van der Waals surface area contributed by atoms with Gasteiger partial charge in [0.2, 0.25) is 0 Å². The number of para-hydroxylation sites is 2. The van der Waals surface area contributed by atoms with Crippen molar-refractivity contribution in [2.75, 3.05) is 0 Å². The molecule has 1 radical (unpaired) electrons. The Hall–Kier alpha value is -6.59. The van der Waals surface area contributed by atoms with Crippen LogP contribution in [0.2, 0.25) is 0 Å². The van der Waals surface area contributed by atoms with E-state index in [9.17, 15) is 0 Å². The van der Waals surface area contributed by atoms with Crippen molar-refractivity contribution in [1.29, 1.82) is 0 Å². The molecule has 11 aromatic rings. The molecule has 0 amide bonds. The molecule has 0 bridgehead atoms. The molecule has 325 valence electrons. The second-order valence-corrected chi connectivity index (χ2v) is 18.5. The maximum absolute atomic E-state index is 6.85. The number of rotatable bonds is 6. The van der Waals surface area contributed by atoms with E-state index in [1.165, 1.54) is 39.1 Å². The van der Waals surface area contributed by atoms with Crippen molar-refractivity contribution in [2.24, 2.45) is 0 Å². The number of benzene rings is 7. The molecule has 5 nitrogen and oxygen atoms in total. The van der Waals surface area contributed by atoms with Gasteiger partial charge < -0.3 is 18.4 Å². The fourth-order valence-electron chi connectivity index (χ4n) is 9.04. The van der Waals surface area contributed by atoms with E-state index in [2.05, 4.69) is 174 Å². The van der Waals surface area contributed by atoms with Crippen LogP contribution in [0.3, 0.4) is 0 Å². The Kier molecular flexibility index (Phi) is 11.7. The number of fused-ring (bicyclic) bond motifs is 8. The van der Waals surface area contributed by atoms with E-state index in [0.717, 1.165) is 77.6 Å². The average Bonchev–Trinajstić information content (AvgIpc) is 4.01. The molecular weight excluding hydrogens is 975 g/mol. The van der Waals surface area contributed by atoms with Crippen LogP contribution in [0.1, 0.15) is 82.6 Å². The normalized spacial score (nSPS) is 11.8. The first-order valence-corrected chi connectivity index (χ1v) is 22.3. The number of aryl methyl sites for hydroxylation is 1. The standard InChI is InChI=1S/C44H35N2O2.C15H16N.Ir/c1-25(2)35-23-29(28-14-7-6-8-15-28)24-36(26(3)4)40(35)46-39-27(5)13-11-19-37(39)45-44(46)34-18-12-17-31-33-22-21-32-30-16-9-10-20-38(30)47-42(32)43(33)48-41(31)34;1-15(2,3)13-9-10-16-14(11-13)12-7-5-4-6-8-12;/h6-17,19-26H,1-5H3;4-7,9-11H,1-3H3;/q2*-1;. The third-order valence-electron chi connectivity index (χ3n) is 12.4. The summed E-state index contributed by atoms with van der Waals surface area (Å²) in [6.45, 7) is 17.9. The summed E-state index contributed by atoms with van der Waals surface area (Å²) in [6.07, 6.45) is 1.87. The van der Waals surface area contributed by atoms with E-state index in [-0.39, 0.29) is 37.4 Å². The van der Waals surface area contributed by atoms with E-state index >= 15 is 0 Å². The van der Waals surface area contributed by atoms with Crippen LogP contribution >= 0.6 is 0 Å². The molecule has 65 heavy (non-hydrogen) atoms. The summed E-state index contributed by atoms with van der Waals surface area (Å²) in [5, 5.41) is 4.17. The fourth-order valence-corrected chi connectivity index (χ4v) is 9.04. The summed E-state index contributed by atoms with van der Waals surface area (Å²) in [7, 11) is 0. The van der Waals surface area contributed by atoms with Crippen molar-refractivity contribution in [2.45, 2.75) is 72.6 Å². The summed E-state index contributed by atoms with van der Waals surface area (Å²) >= 11 is 0. The first kappa shape index (κ1) is 43.7. The monoisotopic (exact) mass is 1030 g/mol. The van der Waals surface area contributed by atoms with E-state index in [0.29, 0.717) is 0 Å². The van der Waals surface area contributed by atoms with Gasteiger partial charge in [-0.3, -0.25) is 4.98 Å². The van der Waals surface area contributed by atoms with Crippen LogP contribution < -0.4 is 0 Å². The summed E-state index contributed by atoms with van der Waals surface area (Å²) in [5.74, 6) is 1.35. The molecule has 0 spiro atoms. The topological polar surface area (TPSA) is 57.0 Å². The summed E-state index contributed by atoms with van der Waals surface area (Å²) < 4.78 is 15.6. The molecule has 0 aliphatic carbocycles. The van der Waals surface area contributed by atoms with Crippen LogP contribution in [-0.2, 0) is 25.5 Å². The summed E-state index contributed by atoms with van der Waals surface area (Å²) in [4.78, 5) is 9.76. The number of imidazole rings is 1. The van der Waals surface area contributed by atoms with Crippen molar-refractivity contribution in [3.05, 3.63) is 186 Å². The molecule has 0 aliphatic rings. The van der Waals surface area contributed by atoms with Gasteiger partial charge in [0.05, 0.1) is 22.4 Å². The average molecular weight is 1030 g/mol. The minimum Gasteiger partial charge on any atom is -0.497 e. The largest absolute Gasteiger partial charge is 0.497 e. The van der Waals surface area contributed by atoms with Gasteiger partial charge in [-0.15, -0.1) is 54.1 Å². The Morgan fingerprint density at radius 1 is 0.600 bits per heavy atom. The van der Waals surface area contributed by atoms with Gasteiger partial charge in [0.25, 0.3) is 0 Å². The smallest absolute Gasteiger partial charge is 0.177 e. The van der Waals surface area contributed by atoms with Crippen molar-refractivity contribution in [1.82, 2.24) is 14.5 Å². The minimum absolute atomic E-state index is 0. The maximum Gasteiger partial charge on any atom is 0.177 e. The predicted molar refractivity (Wildman–Crippen MR) is 265 cm³/mol. The zero-order chi connectivity index (χ0) is 44.3. The van der Waals surface area contributed by atoms with Gasteiger partial charge in [0.15, 0.2) is 11.2 Å². The maximum atomic E-state index is 6.85. The Labute approximate surface area is 394 Å². The first-order chi connectivity index (χ1) is 31.0. The second-order valence-electron chi connectivity index (χ2n) is 18.5. The van der Waals surface area contributed by atoms with E-state index in [1.807, 2.05) is 54.7 Å². The number of furan rings is 2. The van der Waals surface area contributed by atoms with Gasteiger partial charge in [-0.2, -0.15) is 0 Å². The second kappa shape index (κ2) is 17.4. The molecule has 0 unspecified atom stereocenters. The number of pyridine rings is 1. The van der Waals surface area contributed by atoms with Gasteiger partial charge in [0, 0.05) is 48.1 Å². The predicted octanol–water partition coefficient (Wildman–Crippen LogP) is 16.4. The first-order valence-electron chi connectivity index (χ1n) is 22.3. The number of nitrogens with zero attached hydrogens (tertiary/aromatic N) is 3. The van der Waals surface area contributed by atoms with Crippen molar-refractivity contribution < 1.29 is 28.9 Å². The van der Waals surface area contributed by atoms with Gasteiger partial charge in [-0.05, 0) is 99.6 Å². The van der Waals surface area contributed by atoms with Crippen molar-refractivity contribution in [3.8, 4) is 39.5 Å². The molecule has 4 heterocycles. The zero-order valence-electron chi connectivity index (χ0n) is 38.1. The van der Waals surface area contributed by atoms with Gasteiger partial charge in [-0.1, -0.05) is 132 Å². The Morgan fingerprint density at radius 2 is 1.28 bits per heavy atom. The Balaban J connectivity index is 0.000000266. The fraction of sp³-hybridized carbons (Fsp3) is 0.186. The van der Waals surface area contributed by atoms with E-state index < -0.39 is 0 Å². The third-order valence-corrected chi connectivity index (χ3v) is 12.4. The molecule has 0 fully saturated rings. The molecule has 7 aromatic carbocycles. The number of hydrogen-bond acceptors (Lipinski definition) is 4. The number of hydrogen-bond donors (Lipinski definition) is 0. The van der Waals surface area contributed by atoms with Crippen LogP contribution in [0, 0.1) is 19.1 Å².